The number of hydrogen-bond donors (Lipinski definition) is 1. The van der Waals surface area contributed by atoms with Gasteiger partial charge in [0, 0.05) is 18.8 Å². The highest BCUT2D eigenvalue weighted by Crippen LogP contribution is 2.29. The second-order valence-corrected chi connectivity index (χ2v) is 4.51. The van der Waals surface area contributed by atoms with E-state index in [1.807, 2.05) is 37.5 Å². The van der Waals surface area contributed by atoms with Crippen molar-refractivity contribution in [2.45, 2.75) is 13.2 Å². The van der Waals surface area contributed by atoms with Crippen LogP contribution in [0.25, 0.3) is 0 Å². The summed E-state index contributed by atoms with van der Waals surface area (Å²) in [6, 6.07) is 7.48. The highest BCUT2D eigenvalue weighted by atomic mass is 79.9. The van der Waals surface area contributed by atoms with Crippen LogP contribution in [0.3, 0.4) is 0 Å². The summed E-state index contributed by atoms with van der Waals surface area (Å²) in [5.41, 5.74) is 1.61. The maximum absolute atomic E-state index is 9.22. The number of ether oxygens (including phenoxy) is 1. The van der Waals surface area contributed by atoms with Gasteiger partial charge < -0.3 is 9.84 Å². The van der Waals surface area contributed by atoms with E-state index in [2.05, 4.69) is 21.0 Å². The molecule has 5 heteroatoms. The molecule has 17 heavy (non-hydrogen) atoms. The average Bonchev–Trinajstić information content (AvgIpc) is 2.73. The summed E-state index contributed by atoms with van der Waals surface area (Å²) in [5, 5.41) is 13.4. The lowest BCUT2D eigenvalue weighted by molar-refractivity contribution is 0.256. The molecule has 90 valence electrons. The third-order valence-corrected chi connectivity index (χ3v) is 2.98. The predicted molar refractivity (Wildman–Crippen MR) is 67.6 cm³/mol. The Hall–Kier alpha value is -1.33. The molecule has 1 aromatic heterocycles. The van der Waals surface area contributed by atoms with Crippen LogP contribution in [0.1, 0.15) is 11.3 Å². The minimum Gasteiger partial charge on any atom is -0.486 e. The zero-order valence-corrected chi connectivity index (χ0v) is 11.0. The molecule has 0 aliphatic carbocycles. The first-order chi connectivity index (χ1) is 8.20. The number of aryl methyl sites for hydroxylation is 1. The molecule has 0 radical (unpaired) electrons. The highest BCUT2D eigenvalue weighted by molar-refractivity contribution is 9.10. The van der Waals surface area contributed by atoms with E-state index in [0.717, 1.165) is 15.7 Å². The van der Waals surface area contributed by atoms with Gasteiger partial charge in [-0.3, -0.25) is 4.68 Å². The number of hydrogen-bond acceptors (Lipinski definition) is 3. The molecule has 2 rings (SSSR count). The topological polar surface area (TPSA) is 47.3 Å². The molecular weight excluding hydrogens is 284 g/mol. The van der Waals surface area contributed by atoms with Crippen LogP contribution in [0, 0.1) is 0 Å². The number of halogens is 1. The van der Waals surface area contributed by atoms with E-state index < -0.39 is 0 Å². The fourth-order valence-corrected chi connectivity index (χ4v) is 2.05. The Morgan fingerprint density at radius 1 is 1.41 bits per heavy atom. The Balaban J connectivity index is 2.13. The number of aliphatic hydroxyl groups is 1. The molecular formula is C12H13BrN2O2. The van der Waals surface area contributed by atoms with Crippen LogP contribution in [-0.2, 0) is 20.3 Å². The molecule has 0 aliphatic rings. The Kier molecular flexibility index (Phi) is 3.81. The summed E-state index contributed by atoms with van der Waals surface area (Å²) in [7, 11) is 1.86. The largest absolute Gasteiger partial charge is 0.486 e. The van der Waals surface area contributed by atoms with Crippen LogP contribution < -0.4 is 4.74 Å². The van der Waals surface area contributed by atoms with Gasteiger partial charge in [0.05, 0.1) is 16.8 Å². The van der Waals surface area contributed by atoms with Gasteiger partial charge in [0.2, 0.25) is 0 Å². The van der Waals surface area contributed by atoms with Crippen molar-refractivity contribution in [3.8, 4) is 5.75 Å². The number of benzene rings is 1. The maximum atomic E-state index is 9.22. The predicted octanol–water partition coefficient (Wildman–Crippen LogP) is 2.25. The van der Waals surface area contributed by atoms with Crippen molar-refractivity contribution in [1.29, 1.82) is 0 Å². The summed E-state index contributed by atoms with van der Waals surface area (Å²) in [5.74, 6) is 0.667. The van der Waals surface area contributed by atoms with Crippen LogP contribution in [0.4, 0.5) is 0 Å². The first kappa shape index (κ1) is 12.1. The normalized spacial score (nSPS) is 10.5. The van der Waals surface area contributed by atoms with Gasteiger partial charge in [-0.15, -0.1) is 0 Å². The summed E-state index contributed by atoms with van der Waals surface area (Å²) in [6.07, 6.45) is 1.87. The molecule has 1 heterocycles. The van der Waals surface area contributed by atoms with Crippen LogP contribution in [0.2, 0.25) is 0 Å². The standard InChI is InChI=1S/C12H13BrN2O2/c1-15-6-5-10(14-15)8-17-12-9(7-16)3-2-4-11(12)13/h2-6,16H,7-8H2,1H3. The van der Waals surface area contributed by atoms with E-state index in [9.17, 15) is 5.11 Å². The smallest absolute Gasteiger partial charge is 0.139 e. The van der Waals surface area contributed by atoms with Crippen molar-refractivity contribution >= 4 is 15.9 Å². The van der Waals surface area contributed by atoms with Gasteiger partial charge in [-0.25, -0.2) is 0 Å². The Bertz CT molecular complexity index is 511. The van der Waals surface area contributed by atoms with Crippen molar-refractivity contribution in [2.24, 2.45) is 7.05 Å². The molecule has 0 aliphatic heterocycles. The monoisotopic (exact) mass is 296 g/mol. The summed E-state index contributed by atoms with van der Waals surface area (Å²) < 4.78 is 8.24. The van der Waals surface area contributed by atoms with E-state index in [1.165, 1.54) is 0 Å². The van der Waals surface area contributed by atoms with Crippen LogP contribution in [0.15, 0.2) is 34.9 Å². The van der Waals surface area contributed by atoms with E-state index in [4.69, 9.17) is 4.74 Å². The third kappa shape index (κ3) is 2.87. The van der Waals surface area contributed by atoms with Gasteiger partial charge in [0.25, 0.3) is 0 Å². The van der Waals surface area contributed by atoms with E-state index in [0.29, 0.717) is 12.4 Å². The summed E-state index contributed by atoms with van der Waals surface area (Å²) >= 11 is 3.40. The highest BCUT2D eigenvalue weighted by Gasteiger charge is 2.08. The lowest BCUT2D eigenvalue weighted by Crippen LogP contribution is -2.01. The van der Waals surface area contributed by atoms with Gasteiger partial charge in [-0.05, 0) is 28.1 Å². The maximum Gasteiger partial charge on any atom is 0.139 e. The van der Waals surface area contributed by atoms with Crippen molar-refractivity contribution in [3.05, 3.63) is 46.2 Å². The molecule has 0 atom stereocenters. The number of nitrogens with zero attached hydrogens (tertiary/aromatic N) is 2. The molecule has 1 N–H and O–H groups in total. The average molecular weight is 297 g/mol. The first-order valence-corrected chi connectivity index (χ1v) is 5.99. The number of aliphatic hydroxyl groups excluding tert-OH is 1. The Labute approximate surface area is 108 Å². The van der Waals surface area contributed by atoms with Crippen molar-refractivity contribution in [3.63, 3.8) is 0 Å². The molecule has 2 aromatic rings. The van der Waals surface area contributed by atoms with Gasteiger partial charge in [0.15, 0.2) is 0 Å². The van der Waals surface area contributed by atoms with Crippen molar-refractivity contribution < 1.29 is 9.84 Å². The molecule has 0 fully saturated rings. The zero-order valence-electron chi connectivity index (χ0n) is 9.43. The number of aromatic nitrogens is 2. The molecule has 0 unspecified atom stereocenters. The molecule has 0 saturated heterocycles. The Morgan fingerprint density at radius 3 is 2.88 bits per heavy atom. The summed E-state index contributed by atoms with van der Waals surface area (Å²) in [4.78, 5) is 0. The second kappa shape index (κ2) is 5.33. The van der Waals surface area contributed by atoms with E-state index >= 15 is 0 Å². The van der Waals surface area contributed by atoms with Gasteiger partial charge in [-0.2, -0.15) is 5.10 Å². The third-order valence-electron chi connectivity index (χ3n) is 2.35. The molecule has 4 nitrogen and oxygen atoms in total. The first-order valence-electron chi connectivity index (χ1n) is 5.20. The van der Waals surface area contributed by atoms with E-state index in [-0.39, 0.29) is 6.61 Å². The summed E-state index contributed by atoms with van der Waals surface area (Å²) in [6.45, 7) is 0.341. The number of para-hydroxylation sites is 1. The van der Waals surface area contributed by atoms with Crippen LogP contribution >= 0.6 is 15.9 Å². The minimum absolute atomic E-state index is 0.0447. The SMILES string of the molecule is Cn1ccc(COc2c(Br)cccc2CO)n1. The van der Waals surface area contributed by atoms with Gasteiger partial charge >= 0.3 is 0 Å². The van der Waals surface area contributed by atoms with Crippen LogP contribution in [0.5, 0.6) is 5.75 Å². The van der Waals surface area contributed by atoms with Gasteiger partial charge in [0.1, 0.15) is 12.4 Å². The van der Waals surface area contributed by atoms with Crippen LogP contribution in [-0.4, -0.2) is 14.9 Å². The molecule has 0 saturated carbocycles. The molecule has 0 bridgehead atoms. The quantitative estimate of drug-likeness (QED) is 0.941. The van der Waals surface area contributed by atoms with Crippen molar-refractivity contribution in [1.82, 2.24) is 9.78 Å². The lowest BCUT2D eigenvalue weighted by atomic mass is 10.2. The second-order valence-electron chi connectivity index (χ2n) is 3.66. The number of rotatable bonds is 4. The van der Waals surface area contributed by atoms with E-state index in [1.54, 1.807) is 4.68 Å². The Morgan fingerprint density at radius 2 is 2.24 bits per heavy atom. The van der Waals surface area contributed by atoms with Gasteiger partial charge in [-0.1, -0.05) is 12.1 Å². The molecule has 0 amide bonds. The zero-order chi connectivity index (χ0) is 12.3. The minimum atomic E-state index is -0.0447. The fourth-order valence-electron chi connectivity index (χ4n) is 1.53. The lowest BCUT2D eigenvalue weighted by Gasteiger charge is -2.10. The fraction of sp³-hybridized carbons (Fsp3) is 0.250. The molecule has 0 spiro atoms. The van der Waals surface area contributed by atoms with Crippen molar-refractivity contribution in [2.75, 3.05) is 0 Å². The molecule has 1 aromatic carbocycles.